The van der Waals surface area contributed by atoms with Gasteiger partial charge >= 0.3 is 0 Å². The Morgan fingerprint density at radius 1 is 1.12 bits per heavy atom. The summed E-state index contributed by atoms with van der Waals surface area (Å²) < 4.78 is 32.5. The summed E-state index contributed by atoms with van der Waals surface area (Å²) in [5.74, 6) is -0.264. The second-order valence-corrected chi connectivity index (χ2v) is 8.83. The molecule has 0 unspecified atom stereocenters. The van der Waals surface area contributed by atoms with E-state index in [2.05, 4.69) is 10.8 Å². The van der Waals surface area contributed by atoms with Crippen LogP contribution in [0.25, 0.3) is 0 Å². The number of amides is 1. The van der Waals surface area contributed by atoms with Gasteiger partial charge in [-0.15, -0.1) is 0 Å². The fourth-order valence-electron chi connectivity index (χ4n) is 2.86. The van der Waals surface area contributed by atoms with Crippen LogP contribution in [0.5, 0.6) is 0 Å². The van der Waals surface area contributed by atoms with Gasteiger partial charge in [0, 0.05) is 18.6 Å². The molecule has 134 valence electrons. The number of hydrogen-bond acceptors (Lipinski definition) is 4. The van der Waals surface area contributed by atoms with Crippen LogP contribution in [0.15, 0.2) is 45.9 Å². The molecule has 0 bridgehead atoms. The first-order valence-electron chi connectivity index (χ1n) is 8.16. The monoisotopic (exact) mass is 362 g/mol. The number of rotatable bonds is 3. The first kappa shape index (κ1) is 17.7. The van der Waals surface area contributed by atoms with E-state index in [0.717, 1.165) is 12.0 Å². The zero-order valence-corrected chi connectivity index (χ0v) is 15.4. The lowest BCUT2D eigenvalue weighted by Gasteiger charge is -2.28. The average molecular weight is 362 g/mol. The highest BCUT2D eigenvalue weighted by atomic mass is 32.2. The summed E-state index contributed by atoms with van der Waals surface area (Å²) in [6.07, 6.45) is 0.777. The maximum Gasteiger partial charge on any atom is 0.289 e. The fourth-order valence-corrected chi connectivity index (χ4v) is 4.21. The minimum atomic E-state index is -3.80. The van der Waals surface area contributed by atoms with Gasteiger partial charge in [0.05, 0.1) is 0 Å². The van der Waals surface area contributed by atoms with Crippen LogP contribution in [-0.4, -0.2) is 31.3 Å². The highest BCUT2D eigenvalue weighted by Gasteiger charge is 2.28. The van der Waals surface area contributed by atoms with Crippen molar-refractivity contribution in [1.29, 1.82) is 0 Å². The van der Waals surface area contributed by atoms with Crippen molar-refractivity contribution in [3.8, 4) is 0 Å². The van der Waals surface area contributed by atoms with Gasteiger partial charge in [0.2, 0.25) is 5.09 Å². The Kier molecular flexibility index (Phi) is 4.47. The first-order valence-corrected chi connectivity index (χ1v) is 9.64. The smallest absolute Gasteiger partial charge is 0.289 e. The number of furan rings is 1. The molecule has 0 saturated carbocycles. The van der Waals surface area contributed by atoms with E-state index in [9.17, 15) is 13.2 Å². The molecular formula is C18H22N2O4S. The largest absolute Gasteiger partial charge is 0.438 e. The third kappa shape index (κ3) is 3.93. The molecule has 1 aromatic heterocycles. The Bertz CT molecular complexity index is 894. The second kappa shape index (κ2) is 6.31. The molecule has 0 saturated heterocycles. The summed E-state index contributed by atoms with van der Waals surface area (Å²) in [4.78, 5) is 14.3. The van der Waals surface area contributed by atoms with Gasteiger partial charge in [-0.25, -0.2) is 13.1 Å². The van der Waals surface area contributed by atoms with Crippen LogP contribution < -0.4 is 4.72 Å². The number of carbonyl (C=O) groups is 1. The third-order valence-corrected chi connectivity index (χ3v) is 5.55. The summed E-state index contributed by atoms with van der Waals surface area (Å²) in [6, 6.07) is 10.7. The molecule has 1 aliphatic heterocycles. The fraction of sp³-hybridized carbons (Fsp3) is 0.389. The molecule has 7 heteroatoms. The molecule has 1 amide bonds. The van der Waals surface area contributed by atoms with E-state index in [1.807, 2.05) is 18.2 Å². The predicted molar refractivity (Wildman–Crippen MR) is 93.7 cm³/mol. The van der Waals surface area contributed by atoms with Gasteiger partial charge in [0.15, 0.2) is 5.76 Å². The number of benzene rings is 1. The van der Waals surface area contributed by atoms with Crippen molar-refractivity contribution >= 4 is 15.9 Å². The van der Waals surface area contributed by atoms with E-state index < -0.39 is 15.6 Å². The lowest BCUT2D eigenvalue weighted by atomic mass is 10.00. The van der Waals surface area contributed by atoms with Crippen molar-refractivity contribution < 1.29 is 17.6 Å². The van der Waals surface area contributed by atoms with Crippen molar-refractivity contribution in [2.24, 2.45) is 0 Å². The summed E-state index contributed by atoms with van der Waals surface area (Å²) in [7, 11) is -3.80. The molecule has 2 heterocycles. The van der Waals surface area contributed by atoms with E-state index in [1.165, 1.54) is 17.7 Å². The molecule has 1 N–H and O–H groups in total. The van der Waals surface area contributed by atoms with E-state index in [-0.39, 0.29) is 16.8 Å². The number of sulfonamides is 1. The molecule has 0 aliphatic carbocycles. The minimum absolute atomic E-state index is 0.0358. The van der Waals surface area contributed by atoms with Gasteiger partial charge in [-0.1, -0.05) is 24.3 Å². The Balaban J connectivity index is 1.78. The summed E-state index contributed by atoms with van der Waals surface area (Å²) >= 11 is 0. The average Bonchev–Trinajstić information content (AvgIpc) is 3.02. The molecule has 3 rings (SSSR count). The van der Waals surface area contributed by atoms with E-state index in [0.29, 0.717) is 13.1 Å². The van der Waals surface area contributed by atoms with Gasteiger partial charge in [-0.3, -0.25) is 4.79 Å². The van der Waals surface area contributed by atoms with Crippen molar-refractivity contribution in [2.75, 3.05) is 6.54 Å². The lowest BCUT2D eigenvalue weighted by molar-refractivity contribution is 0.0696. The SMILES string of the molecule is CC(C)(C)NS(=O)(=O)c1ccc(C(=O)N2CCc3ccccc3C2)o1. The molecular weight excluding hydrogens is 340 g/mol. The topological polar surface area (TPSA) is 79.6 Å². The van der Waals surface area contributed by atoms with Gasteiger partial charge in [0.25, 0.3) is 15.9 Å². The Hall–Kier alpha value is -2.12. The minimum Gasteiger partial charge on any atom is -0.438 e. The normalized spacial score (nSPS) is 15.1. The lowest BCUT2D eigenvalue weighted by Crippen LogP contribution is -2.40. The Labute approximate surface area is 147 Å². The molecule has 2 aromatic rings. The molecule has 0 spiro atoms. The predicted octanol–water partition coefficient (Wildman–Crippen LogP) is 2.55. The Morgan fingerprint density at radius 2 is 1.80 bits per heavy atom. The highest BCUT2D eigenvalue weighted by molar-refractivity contribution is 7.89. The van der Waals surface area contributed by atoms with Crippen molar-refractivity contribution in [1.82, 2.24) is 9.62 Å². The number of carbonyl (C=O) groups excluding carboxylic acids is 1. The van der Waals surface area contributed by atoms with E-state index in [1.54, 1.807) is 25.7 Å². The molecule has 25 heavy (non-hydrogen) atoms. The molecule has 0 fully saturated rings. The summed E-state index contributed by atoms with van der Waals surface area (Å²) in [6.45, 7) is 6.30. The van der Waals surface area contributed by atoms with Crippen LogP contribution in [0.4, 0.5) is 0 Å². The standard InChI is InChI=1S/C18H22N2O4S/c1-18(2,3)19-25(22,23)16-9-8-15(24-16)17(21)20-11-10-13-6-4-5-7-14(13)12-20/h4-9,19H,10-12H2,1-3H3. The van der Waals surface area contributed by atoms with E-state index in [4.69, 9.17) is 4.42 Å². The number of hydrogen-bond donors (Lipinski definition) is 1. The van der Waals surface area contributed by atoms with Gasteiger partial charge in [-0.05, 0) is 50.5 Å². The van der Waals surface area contributed by atoms with Crippen molar-refractivity contribution in [3.63, 3.8) is 0 Å². The maximum atomic E-state index is 12.7. The maximum absolute atomic E-state index is 12.7. The molecule has 6 nitrogen and oxygen atoms in total. The number of nitrogens with zero attached hydrogens (tertiary/aromatic N) is 1. The van der Waals surface area contributed by atoms with E-state index >= 15 is 0 Å². The number of nitrogens with one attached hydrogen (secondary N) is 1. The van der Waals surface area contributed by atoms with Crippen LogP contribution in [0.3, 0.4) is 0 Å². The zero-order valence-electron chi connectivity index (χ0n) is 14.6. The highest BCUT2D eigenvalue weighted by Crippen LogP contribution is 2.22. The zero-order chi connectivity index (χ0) is 18.2. The quantitative estimate of drug-likeness (QED) is 0.910. The molecule has 1 aromatic carbocycles. The van der Waals surface area contributed by atoms with Crippen LogP contribution in [0.2, 0.25) is 0 Å². The molecule has 1 aliphatic rings. The van der Waals surface area contributed by atoms with Gasteiger partial charge in [0.1, 0.15) is 0 Å². The third-order valence-electron chi connectivity index (χ3n) is 3.92. The Morgan fingerprint density at radius 3 is 2.48 bits per heavy atom. The van der Waals surface area contributed by atoms with Crippen LogP contribution in [0, 0.1) is 0 Å². The van der Waals surface area contributed by atoms with Gasteiger partial charge < -0.3 is 9.32 Å². The van der Waals surface area contributed by atoms with Crippen LogP contribution in [0.1, 0.15) is 42.5 Å². The van der Waals surface area contributed by atoms with Crippen LogP contribution in [-0.2, 0) is 23.0 Å². The van der Waals surface area contributed by atoms with Gasteiger partial charge in [-0.2, -0.15) is 0 Å². The second-order valence-electron chi connectivity index (χ2n) is 7.22. The molecule has 0 radical (unpaired) electrons. The summed E-state index contributed by atoms with van der Waals surface area (Å²) in [5, 5.41) is -0.247. The first-order chi connectivity index (χ1) is 11.7. The summed E-state index contributed by atoms with van der Waals surface area (Å²) in [5.41, 5.74) is 1.71. The van der Waals surface area contributed by atoms with Crippen molar-refractivity contribution in [3.05, 3.63) is 53.3 Å². The van der Waals surface area contributed by atoms with Crippen molar-refractivity contribution in [2.45, 2.75) is 44.4 Å². The molecule has 0 atom stereocenters. The number of fused-ring (bicyclic) bond motifs is 1. The van der Waals surface area contributed by atoms with Crippen LogP contribution >= 0.6 is 0 Å².